The summed E-state index contributed by atoms with van der Waals surface area (Å²) in [6.45, 7) is 3.24. The fourth-order valence-electron chi connectivity index (χ4n) is 2.18. The van der Waals surface area contributed by atoms with Gasteiger partial charge in [0.15, 0.2) is 5.96 Å². The standard InChI is InChI=1S/C17H24FN5S.HI/c1-5-13-10-20-16(24-13)11-22-17(19-2)21-9-12-6-7-15(23(3)4)14(18)8-12;/h6-8,10H,5,9,11H2,1-4H3,(H2,19,21,22);1H. The quantitative estimate of drug-likeness (QED) is 0.381. The van der Waals surface area contributed by atoms with Crippen LogP contribution < -0.4 is 15.5 Å². The Morgan fingerprint density at radius 1 is 1.28 bits per heavy atom. The van der Waals surface area contributed by atoms with E-state index < -0.39 is 0 Å². The summed E-state index contributed by atoms with van der Waals surface area (Å²) in [6, 6.07) is 5.24. The number of thiazole rings is 1. The van der Waals surface area contributed by atoms with Crippen LogP contribution in [0.2, 0.25) is 0 Å². The summed E-state index contributed by atoms with van der Waals surface area (Å²) in [5.74, 6) is 0.442. The van der Waals surface area contributed by atoms with Crippen LogP contribution in [0.25, 0.3) is 0 Å². The van der Waals surface area contributed by atoms with E-state index in [0.29, 0.717) is 24.7 Å². The number of benzene rings is 1. The van der Waals surface area contributed by atoms with Crippen molar-refractivity contribution < 1.29 is 4.39 Å². The van der Waals surface area contributed by atoms with Gasteiger partial charge in [-0.15, -0.1) is 35.3 Å². The Morgan fingerprint density at radius 3 is 2.56 bits per heavy atom. The molecule has 0 aliphatic carbocycles. The van der Waals surface area contributed by atoms with Gasteiger partial charge in [-0.25, -0.2) is 9.37 Å². The highest BCUT2D eigenvalue weighted by atomic mass is 127. The zero-order valence-electron chi connectivity index (χ0n) is 15.0. The first-order valence-electron chi connectivity index (χ1n) is 7.87. The first-order valence-corrected chi connectivity index (χ1v) is 8.69. The van der Waals surface area contributed by atoms with E-state index >= 15 is 0 Å². The number of hydrogen-bond acceptors (Lipinski definition) is 4. The van der Waals surface area contributed by atoms with Gasteiger partial charge in [-0.05, 0) is 24.1 Å². The lowest BCUT2D eigenvalue weighted by atomic mass is 10.2. The van der Waals surface area contributed by atoms with Gasteiger partial charge in [0, 0.05) is 38.8 Å². The van der Waals surface area contributed by atoms with Crippen LogP contribution in [-0.2, 0) is 19.5 Å². The molecule has 0 saturated carbocycles. The second-order valence-electron chi connectivity index (χ2n) is 5.53. The van der Waals surface area contributed by atoms with Gasteiger partial charge in [-0.1, -0.05) is 13.0 Å². The van der Waals surface area contributed by atoms with Gasteiger partial charge in [0.1, 0.15) is 10.8 Å². The van der Waals surface area contributed by atoms with E-state index in [-0.39, 0.29) is 29.8 Å². The minimum atomic E-state index is -0.225. The predicted octanol–water partition coefficient (Wildman–Crippen LogP) is 3.39. The maximum absolute atomic E-state index is 14.0. The molecule has 0 aliphatic heterocycles. The third-order valence-corrected chi connectivity index (χ3v) is 4.68. The summed E-state index contributed by atoms with van der Waals surface area (Å²) in [6.07, 6.45) is 2.91. The highest BCUT2D eigenvalue weighted by Gasteiger charge is 2.06. The molecular formula is C17H25FIN5S. The van der Waals surface area contributed by atoms with Crippen molar-refractivity contribution in [1.82, 2.24) is 15.6 Å². The molecule has 138 valence electrons. The number of anilines is 1. The van der Waals surface area contributed by atoms with E-state index in [2.05, 4.69) is 27.5 Å². The van der Waals surface area contributed by atoms with Gasteiger partial charge in [0.05, 0.1) is 12.2 Å². The molecule has 0 aliphatic rings. The van der Waals surface area contributed by atoms with E-state index in [1.165, 1.54) is 4.88 Å². The molecule has 0 spiro atoms. The Balaban J connectivity index is 0.00000312. The highest BCUT2D eigenvalue weighted by Crippen LogP contribution is 2.18. The molecule has 0 fully saturated rings. The van der Waals surface area contributed by atoms with Crippen molar-refractivity contribution in [2.45, 2.75) is 26.4 Å². The molecule has 0 amide bonds. The van der Waals surface area contributed by atoms with Crippen LogP contribution in [-0.4, -0.2) is 32.1 Å². The van der Waals surface area contributed by atoms with Crippen LogP contribution in [0, 0.1) is 5.82 Å². The number of guanidine groups is 1. The van der Waals surface area contributed by atoms with Crippen LogP contribution in [0.15, 0.2) is 29.4 Å². The van der Waals surface area contributed by atoms with Crippen LogP contribution in [0.4, 0.5) is 10.1 Å². The average molecular weight is 477 g/mol. The lowest BCUT2D eigenvalue weighted by molar-refractivity contribution is 0.623. The first kappa shape index (κ1) is 21.6. The monoisotopic (exact) mass is 477 g/mol. The van der Waals surface area contributed by atoms with E-state index in [0.717, 1.165) is 17.0 Å². The number of rotatable bonds is 6. The number of aliphatic imine (C=N–C) groups is 1. The number of nitrogens with zero attached hydrogens (tertiary/aromatic N) is 3. The number of nitrogens with one attached hydrogen (secondary N) is 2. The Hall–Kier alpha value is -1.42. The van der Waals surface area contributed by atoms with Gasteiger partial charge in [0.2, 0.25) is 0 Å². The van der Waals surface area contributed by atoms with Crippen molar-refractivity contribution in [3.63, 3.8) is 0 Å². The lowest BCUT2D eigenvalue weighted by Gasteiger charge is -2.15. The molecule has 0 atom stereocenters. The number of aryl methyl sites for hydroxylation is 1. The van der Waals surface area contributed by atoms with E-state index in [4.69, 9.17) is 0 Å². The molecule has 0 unspecified atom stereocenters. The normalized spacial score (nSPS) is 11.0. The molecule has 5 nitrogen and oxygen atoms in total. The Bertz CT molecular complexity index is 702. The van der Waals surface area contributed by atoms with Gasteiger partial charge < -0.3 is 15.5 Å². The zero-order valence-corrected chi connectivity index (χ0v) is 18.1. The van der Waals surface area contributed by atoms with Gasteiger partial charge in [0.25, 0.3) is 0 Å². The number of hydrogen-bond donors (Lipinski definition) is 2. The first-order chi connectivity index (χ1) is 11.5. The summed E-state index contributed by atoms with van der Waals surface area (Å²) in [7, 11) is 5.36. The Labute approximate surface area is 169 Å². The molecule has 8 heteroatoms. The second kappa shape index (κ2) is 10.5. The molecule has 1 aromatic heterocycles. The third-order valence-electron chi connectivity index (χ3n) is 3.53. The van der Waals surface area contributed by atoms with Crippen molar-refractivity contribution in [3.05, 3.63) is 45.7 Å². The summed E-state index contributed by atoms with van der Waals surface area (Å²) in [5.41, 5.74) is 1.44. The van der Waals surface area contributed by atoms with Crippen LogP contribution in [0.5, 0.6) is 0 Å². The summed E-state index contributed by atoms with van der Waals surface area (Å²) in [4.78, 5) is 11.6. The maximum atomic E-state index is 14.0. The molecule has 1 aromatic carbocycles. The van der Waals surface area contributed by atoms with E-state index in [1.807, 2.05) is 26.4 Å². The van der Waals surface area contributed by atoms with Crippen molar-refractivity contribution in [2.75, 3.05) is 26.0 Å². The largest absolute Gasteiger partial charge is 0.375 e. The maximum Gasteiger partial charge on any atom is 0.191 e. The Kier molecular flexibility index (Phi) is 9.12. The smallest absolute Gasteiger partial charge is 0.191 e. The van der Waals surface area contributed by atoms with Crippen LogP contribution in [0.1, 0.15) is 22.4 Å². The molecule has 0 bridgehead atoms. The van der Waals surface area contributed by atoms with Crippen molar-refractivity contribution >= 4 is 47.0 Å². The zero-order chi connectivity index (χ0) is 17.5. The second-order valence-corrected chi connectivity index (χ2v) is 6.73. The Morgan fingerprint density at radius 2 is 2.00 bits per heavy atom. The minimum absolute atomic E-state index is 0. The molecule has 0 radical (unpaired) electrons. The molecule has 0 saturated heterocycles. The third kappa shape index (κ3) is 6.43. The predicted molar refractivity (Wildman–Crippen MR) is 115 cm³/mol. The minimum Gasteiger partial charge on any atom is -0.375 e. The topological polar surface area (TPSA) is 52.6 Å². The molecule has 2 rings (SSSR count). The van der Waals surface area contributed by atoms with Crippen molar-refractivity contribution in [2.24, 2.45) is 4.99 Å². The van der Waals surface area contributed by atoms with Gasteiger partial charge >= 0.3 is 0 Å². The lowest BCUT2D eigenvalue weighted by Crippen LogP contribution is -2.36. The summed E-state index contributed by atoms with van der Waals surface area (Å²) >= 11 is 1.70. The highest BCUT2D eigenvalue weighted by molar-refractivity contribution is 14.0. The van der Waals surface area contributed by atoms with Crippen LogP contribution >= 0.6 is 35.3 Å². The average Bonchev–Trinajstić information content (AvgIpc) is 3.03. The van der Waals surface area contributed by atoms with Crippen molar-refractivity contribution in [1.29, 1.82) is 0 Å². The van der Waals surface area contributed by atoms with Crippen LogP contribution in [0.3, 0.4) is 0 Å². The number of aromatic nitrogens is 1. The molecule has 25 heavy (non-hydrogen) atoms. The van der Waals surface area contributed by atoms with Gasteiger partial charge in [-0.2, -0.15) is 0 Å². The molecular weight excluding hydrogens is 452 g/mol. The fraction of sp³-hybridized carbons (Fsp3) is 0.412. The molecule has 2 aromatic rings. The summed E-state index contributed by atoms with van der Waals surface area (Å²) in [5, 5.41) is 7.43. The molecule has 2 N–H and O–H groups in total. The summed E-state index contributed by atoms with van der Waals surface area (Å²) < 4.78 is 14.0. The fourth-order valence-corrected chi connectivity index (χ4v) is 2.98. The van der Waals surface area contributed by atoms with Crippen molar-refractivity contribution in [3.8, 4) is 0 Å². The van der Waals surface area contributed by atoms with E-state index in [9.17, 15) is 4.39 Å². The van der Waals surface area contributed by atoms with E-state index in [1.54, 1.807) is 35.4 Å². The SMILES string of the molecule is CCc1cnc(CNC(=NC)NCc2ccc(N(C)C)c(F)c2)s1.I. The number of halogens is 2. The molecule has 1 heterocycles. The van der Waals surface area contributed by atoms with Gasteiger partial charge in [-0.3, -0.25) is 4.99 Å².